The van der Waals surface area contributed by atoms with E-state index in [1.54, 1.807) is 0 Å². The zero-order valence-corrected chi connectivity index (χ0v) is 9.29. The fraction of sp³-hybridized carbons (Fsp3) is 0.308. The van der Waals surface area contributed by atoms with E-state index in [-0.39, 0.29) is 0 Å². The number of oxazole rings is 1. The predicted molar refractivity (Wildman–Crippen MR) is 64.1 cm³/mol. The van der Waals surface area contributed by atoms with Gasteiger partial charge >= 0.3 is 0 Å². The highest BCUT2D eigenvalue weighted by atomic mass is 16.3. The second-order valence-electron chi connectivity index (χ2n) is 4.15. The molecule has 0 spiro atoms. The van der Waals surface area contributed by atoms with Crippen LogP contribution < -0.4 is 5.73 Å². The molecule has 0 amide bonds. The van der Waals surface area contributed by atoms with E-state index in [0.29, 0.717) is 6.54 Å². The van der Waals surface area contributed by atoms with Gasteiger partial charge in [0.2, 0.25) is 0 Å². The molecule has 0 unspecified atom stereocenters. The molecule has 3 rings (SSSR count). The van der Waals surface area contributed by atoms with E-state index in [0.717, 1.165) is 29.8 Å². The van der Waals surface area contributed by atoms with Crippen LogP contribution in [0.1, 0.15) is 23.4 Å². The summed E-state index contributed by atoms with van der Waals surface area (Å²) in [6.45, 7) is 2.46. The first-order valence-corrected chi connectivity index (χ1v) is 5.58. The van der Waals surface area contributed by atoms with Gasteiger partial charge in [0, 0.05) is 19.0 Å². The van der Waals surface area contributed by atoms with Gasteiger partial charge in [-0.3, -0.25) is 0 Å². The lowest BCUT2D eigenvalue weighted by atomic mass is 10.1. The summed E-state index contributed by atoms with van der Waals surface area (Å²) >= 11 is 0. The summed E-state index contributed by atoms with van der Waals surface area (Å²) in [7, 11) is 0. The van der Waals surface area contributed by atoms with E-state index in [1.807, 2.05) is 13.0 Å². The quantitative estimate of drug-likeness (QED) is 0.793. The maximum absolute atomic E-state index is 5.69. The molecule has 0 atom stereocenters. The van der Waals surface area contributed by atoms with Crippen LogP contribution in [0.4, 0.5) is 0 Å². The minimum atomic E-state index is 0.582. The molecule has 1 aromatic carbocycles. The van der Waals surface area contributed by atoms with Crippen LogP contribution in [-0.2, 0) is 6.42 Å². The van der Waals surface area contributed by atoms with E-state index < -0.39 is 0 Å². The number of benzene rings is 1. The van der Waals surface area contributed by atoms with Crippen molar-refractivity contribution in [1.82, 2.24) is 4.98 Å². The van der Waals surface area contributed by atoms with Crippen molar-refractivity contribution >= 4 is 16.7 Å². The predicted octanol–water partition coefficient (Wildman–Crippen LogP) is 2.42. The van der Waals surface area contributed by atoms with Crippen LogP contribution in [0.2, 0.25) is 0 Å². The first-order chi connectivity index (χ1) is 7.79. The van der Waals surface area contributed by atoms with Crippen LogP contribution in [0, 0.1) is 6.92 Å². The summed E-state index contributed by atoms with van der Waals surface area (Å²) in [5, 5.41) is 0. The molecule has 1 aliphatic rings. The third-order valence-corrected chi connectivity index (χ3v) is 3.10. The molecule has 1 heterocycles. The van der Waals surface area contributed by atoms with Crippen LogP contribution in [-0.4, -0.2) is 11.5 Å². The highest BCUT2D eigenvalue weighted by Gasteiger charge is 2.21. The number of aryl methyl sites for hydroxylation is 2. The molecule has 0 aliphatic heterocycles. The minimum Gasteiger partial charge on any atom is -0.440 e. The summed E-state index contributed by atoms with van der Waals surface area (Å²) in [4.78, 5) is 4.36. The summed E-state index contributed by atoms with van der Waals surface area (Å²) < 4.78 is 5.69. The topological polar surface area (TPSA) is 52.0 Å². The molecule has 0 fully saturated rings. The molecular weight excluding hydrogens is 200 g/mol. The second-order valence-corrected chi connectivity index (χ2v) is 4.15. The van der Waals surface area contributed by atoms with Crippen molar-refractivity contribution in [2.24, 2.45) is 5.73 Å². The normalized spacial score (nSPS) is 17.2. The summed E-state index contributed by atoms with van der Waals surface area (Å²) in [5.74, 6) is 0.724. The van der Waals surface area contributed by atoms with Crippen molar-refractivity contribution in [2.45, 2.75) is 19.8 Å². The van der Waals surface area contributed by atoms with Gasteiger partial charge in [0.25, 0.3) is 0 Å². The number of aromatic nitrogens is 1. The molecule has 1 aliphatic carbocycles. The highest BCUT2D eigenvalue weighted by molar-refractivity contribution is 5.91. The van der Waals surface area contributed by atoms with Gasteiger partial charge in [0.05, 0.1) is 0 Å². The van der Waals surface area contributed by atoms with Crippen LogP contribution in [0.15, 0.2) is 22.6 Å². The second kappa shape index (κ2) is 3.46. The molecule has 2 aromatic rings. The maximum atomic E-state index is 5.69. The fourth-order valence-electron chi connectivity index (χ4n) is 2.45. The first-order valence-electron chi connectivity index (χ1n) is 5.58. The molecule has 0 radical (unpaired) electrons. The lowest BCUT2D eigenvalue weighted by Crippen LogP contribution is -1.94. The van der Waals surface area contributed by atoms with Crippen LogP contribution in [0.5, 0.6) is 0 Å². The van der Waals surface area contributed by atoms with Gasteiger partial charge in [-0.1, -0.05) is 12.1 Å². The lowest BCUT2D eigenvalue weighted by molar-refractivity contribution is 0.560. The van der Waals surface area contributed by atoms with Gasteiger partial charge in [-0.2, -0.15) is 0 Å². The summed E-state index contributed by atoms with van der Waals surface area (Å²) in [5.41, 5.74) is 11.3. The molecular formula is C13H14N2O. The van der Waals surface area contributed by atoms with Gasteiger partial charge in [-0.05, 0) is 30.0 Å². The van der Waals surface area contributed by atoms with E-state index >= 15 is 0 Å². The van der Waals surface area contributed by atoms with Gasteiger partial charge in [-0.25, -0.2) is 4.98 Å². The minimum absolute atomic E-state index is 0.582. The van der Waals surface area contributed by atoms with Crippen LogP contribution in [0.25, 0.3) is 16.7 Å². The molecule has 3 nitrogen and oxygen atoms in total. The van der Waals surface area contributed by atoms with Crippen molar-refractivity contribution in [3.63, 3.8) is 0 Å². The van der Waals surface area contributed by atoms with E-state index in [4.69, 9.17) is 10.2 Å². The fourth-order valence-corrected chi connectivity index (χ4v) is 2.45. The first kappa shape index (κ1) is 9.60. The average Bonchev–Trinajstić information content (AvgIpc) is 2.81. The Hall–Kier alpha value is -1.61. The molecule has 2 N–H and O–H groups in total. The number of nitrogens with zero attached hydrogens (tertiary/aromatic N) is 1. The Labute approximate surface area is 94.0 Å². The zero-order valence-electron chi connectivity index (χ0n) is 9.29. The molecule has 16 heavy (non-hydrogen) atoms. The Morgan fingerprint density at radius 1 is 1.44 bits per heavy atom. The van der Waals surface area contributed by atoms with Crippen LogP contribution >= 0.6 is 0 Å². The third-order valence-electron chi connectivity index (χ3n) is 3.10. The SMILES string of the molecule is Cc1nc2ccc3c(c2o1)C(=CCN)CC3. The Bertz CT molecular complexity index is 581. The van der Waals surface area contributed by atoms with Gasteiger partial charge in [-0.15, -0.1) is 0 Å². The molecule has 0 saturated heterocycles. The van der Waals surface area contributed by atoms with Crippen molar-refractivity contribution in [1.29, 1.82) is 0 Å². The Morgan fingerprint density at radius 3 is 3.12 bits per heavy atom. The molecule has 0 bridgehead atoms. The molecule has 1 aromatic heterocycles. The Kier molecular flexibility index (Phi) is 2.07. The number of hydrogen-bond acceptors (Lipinski definition) is 3. The molecule has 3 heteroatoms. The van der Waals surface area contributed by atoms with Gasteiger partial charge in [0.1, 0.15) is 5.52 Å². The van der Waals surface area contributed by atoms with E-state index in [2.05, 4.69) is 17.1 Å². The zero-order chi connectivity index (χ0) is 11.1. The number of nitrogens with two attached hydrogens (primary N) is 1. The Morgan fingerprint density at radius 2 is 2.31 bits per heavy atom. The number of fused-ring (bicyclic) bond motifs is 3. The summed E-state index contributed by atoms with van der Waals surface area (Å²) in [6, 6.07) is 4.19. The number of hydrogen-bond donors (Lipinski definition) is 1. The smallest absolute Gasteiger partial charge is 0.192 e. The van der Waals surface area contributed by atoms with Crippen molar-refractivity contribution in [2.75, 3.05) is 6.54 Å². The standard InChI is InChI=1S/C13H14N2O/c1-8-15-11-5-4-9-2-3-10(6-7-14)12(9)13(11)16-8/h4-6H,2-3,7,14H2,1H3. The van der Waals surface area contributed by atoms with Gasteiger partial charge < -0.3 is 10.2 Å². The van der Waals surface area contributed by atoms with E-state index in [9.17, 15) is 0 Å². The number of rotatable bonds is 1. The monoisotopic (exact) mass is 214 g/mol. The van der Waals surface area contributed by atoms with Crippen molar-refractivity contribution < 1.29 is 4.42 Å². The Balaban J connectivity index is 2.32. The maximum Gasteiger partial charge on any atom is 0.192 e. The van der Waals surface area contributed by atoms with Crippen molar-refractivity contribution in [3.05, 3.63) is 35.2 Å². The molecule has 0 saturated carbocycles. The molecule has 82 valence electrons. The van der Waals surface area contributed by atoms with Crippen LogP contribution in [0.3, 0.4) is 0 Å². The third kappa shape index (κ3) is 1.28. The van der Waals surface area contributed by atoms with Gasteiger partial charge in [0.15, 0.2) is 11.5 Å². The average molecular weight is 214 g/mol. The summed E-state index contributed by atoms with van der Waals surface area (Å²) in [6.07, 6.45) is 4.23. The highest BCUT2D eigenvalue weighted by Crippen LogP contribution is 2.37. The largest absolute Gasteiger partial charge is 0.440 e. The van der Waals surface area contributed by atoms with E-state index in [1.165, 1.54) is 16.7 Å². The lowest BCUT2D eigenvalue weighted by Gasteiger charge is -2.00. The van der Waals surface area contributed by atoms with Crippen molar-refractivity contribution in [3.8, 4) is 0 Å². The number of allylic oxidation sites excluding steroid dienone is 1.